The van der Waals surface area contributed by atoms with Gasteiger partial charge in [0.2, 0.25) is 5.91 Å². The molecule has 10 heteroatoms. The molecule has 0 aromatic carbocycles. The number of hydrogen-bond donors (Lipinski definition) is 1. The number of ether oxygens (including phenoxy) is 1. The number of nitrogens with zero attached hydrogens (tertiary/aromatic N) is 7. The normalized spacial score (nSPS) is 19.8. The van der Waals surface area contributed by atoms with Gasteiger partial charge in [0, 0.05) is 44.5 Å². The smallest absolute Gasteiger partial charge is 0.224 e. The summed E-state index contributed by atoms with van der Waals surface area (Å²) in [7, 11) is 0. The van der Waals surface area contributed by atoms with E-state index in [4.69, 9.17) is 9.72 Å². The first kappa shape index (κ1) is 22.1. The average molecular weight is 439 g/mol. The number of amides is 1. The van der Waals surface area contributed by atoms with Crippen molar-refractivity contribution < 1.29 is 9.53 Å². The van der Waals surface area contributed by atoms with Gasteiger partial charge in [0.15, 0.2) is 17.0 Å². The first-order valence-electron chi connectivity index (χ1n) is 11.1. The first-order valence-corrected chi connectivity index (χ1v) is 11.1. The second kappa shape index (κ2) is 9.15. The minimum absolute atomic E-state index is 0.0506. The number of hydrogen-bond acceptors (Lipinski definition) is 8. The van der Waals surface area contributed by atoms with Gasteiger partial charge in [-0.1, -0.05) is 0 Å². The van der Waals surface area contributed by atoms with E-state index in [1.807, 2.05) is 44.1 Å². The molecule has 0 radical (unpaired) electrons. The van der Waals surface area contributed by atoms with Gasteiger partial charge in [-0.2, -0.15) is 0 Å². The molecule has 2 unspecified atom stereocenters. The SMILES string of the molecule is CCn1c(-c2cnc(C)nc2)nc2c(N[C@H](C)CC(=O)N3CC(C)OC(C)C3)ncnc21. The molecule has 0 saturated carbocycles. The summed E-state index contributed by atoms with van der Waals surface area (Å²) < 4.78 is 7.75. The number of fused-ring (bicyclic) bond motifs is 1. The molecule has 1 amide bonds. The molecule has 1 saturated heterocycles. The second-order valence-corrected chi connectivity index (χ2v) is 8.40. The Kier molecular flexibility index (Phi) is 6.31. The molecule has 1 aliphatic rings. The third kappa shape index (κ3) is 4.55. The maximum Gasteiger partial charge on any atom is 0.224 e. The van der Waals surface area contributed by atoms with Crippen LogP contribution in [0.4, 0.5) is 5.82 Å². The lowest BCUT2D eigenvalue weighted by molar-refractivity contribution is -0.143. The Morgan fingerprint density at radius 1 is 1.19 bits per heavy atom. The Labute approximate surface area is 187 Å². The molecule has 0 spiro atoms. The molecule has 0 aliphatic carbocycles. The van der Waals surface area contributed by atoms with Crippen LogP contribution in [0.15, 0.2) is 18.7 Å². The quantitative estimate of drug-likeness (QED) is 0.625. The number of rotatable bonds is 6. The molecule has 1 aliphatic heterocycles. The molecule has 4 rings (SSSR count). The van der Waals surface area contributed by atoms with Gasteiger partial charge < -0.3 is 19.5 Å². The highest BCUT2D eigenvalue weighted by Gasteiger charge is 2.27. The lowest BCUT2D eigenvalue weighted by Crippen LogP contribution is -2.49. The number of carbonyl (C=O) groups excluding carboxylic acids is 1. The van der Waals surface area contributed by atoms with Crippen molar-refractivity contribution >= 4 is 22.9 Å². The largest absolute Gasteiger partial charge is 0.372 e. The average Bonchev–Trinajstić information content (AvgIpc) is 3.13. The Morgan fingerprint density at radius 2 is 1.88 bits per heavy atom. The fraction of sp³-hybridized carbons (Fsp3) is 0.545. The highest BCUT2D eigenvalue weighted by atomic mass is 16.5. The monoisotopic (exact) mass is 438 g/mol. The van der Waals surface area contributed by atoms with Crippen LogP contribution in [0.5, 0.6) is 0 Å². The zero-order valence-electron chi connectivity index (χ0n) is 19.2. The number of morpholine rings is 1. The van der Waals surface area contributed by atoms with E-state index in [9.17, 15) is 4.79 Å². The molecule has 4 heterocycles. The number of aryl methyl sites for hydroxylation is 2. The molecule has 1 fully saturated rings. The van der Waals surface area contributed by atoms with Gasteiger partial charge in [0.25, 0.3) is 0 Å². The standard InChI is InChI=1S/C22H30N8O2/c1-6-30-21(17-8-23-16(5)24-9-17)28-19-20(25-12-26-22(19)30)27-13(2)7-18(31)29-10-14(3)32-15(4)11-29/h8-9,12-15H,6-7,10-11H2,1-5H3,(H,25,26,27)/t13-,14?,15?/m1/s1. The van der Waals surface area contributed by atoms with E-state index in [0.29, 0.717) is 43.2 Å². The van der Waals surface area contributed by atoms with E-state index in [1.165, 1.54) is 6.33 Å². The van der Waals surface area contributed by atoms with Crippen molar-refractivity contribution in [2.75, 3.05) is 18.4 Å². The maximum absolute atomic E-state index is 12.8. The number of anilines is 1. The molecule has 1 N–H and O–H groups in total. The predicted octanol–water partition coefficient (Wildman–Crippen LogP) is 2.44. The molecule has 3 aromatic heterocycles. The second-order valence-electron chi connectivity index (χ2n) is 8.40. The zero-order valence-corrected chi connectivity index (χ0v) is 19.2. The Bertz CT molecular complexity index is 1090. The van der Waals surface area contributed by atoms with Crippen LogP contribution in [0, 0.1) is 6.92 Å². The van der Waals surface area contributed by atoms with Crippen LogP contribution in [0.1, 0.15) is 39.9 Å². The van der Waals surface area contributed by atoms with E-state index in [2.05, 4.69) is 25.3 Å². The molecular formula is C22H30N8O2. The molecule has 170 valence electrons. The van der Waals surface area contributed by atoms with Gasteiger partial charge in [-0.15, -0.1) is 0 Å². The van der Waals surface area contributed by atoms with Crippen LogP contribution in [0.3, 0.4) is 0 Å². The minimum Gasteiger partial charge on any atom is -0.372 e. The first-order chi connectivity index (χ1) is 15.4. The van der Waals surface area contributed by atoms with Crippen LogP contribution in [0.25, 0.3) is 22.6 Å². The lowest BCUT2D eigenvalue weighted by atomic mass is 10.1. The van der Waals surface area contributed by atoms with Crippen LogP contribution >= 0.6 is 0 Å². The third-order valence-electron chi connectivity index (χ3n) is 5.52. The molecule has 3 aromatic rings. The summed E-state index contributed by atoms with van der Waals surface area (Å²) in [5.41, 5.74) is 2.22. The third-order valence-corrected chi connectivity index (χ3v) is 5.52. The lowest BCUT2D eigenvalue weighted by Gasteiger charge is -2.35. The van der Waals surface area contributed by atoms with Gasteiger partial charge >= 0.3 is 0 Å². The Morgan fingerprint density at radius 3 is 2.53 bits per heavy atom. The highest BCUT2D eigenvalue weighted by molar-refractivity contribution is 5.86. The van der Waals surface area contributed by atoms with Crippen LogP contribution < -0.4 is 5.32 Å². The summed E-state index contributed by atoms with van der Waals surface area (Å²) in [5, 5.41) is 3.37. The van der Waals surface area contributed by atoms with E-state index in [-0.39, 0.29) is 24.2 Å². The van der Waals surface area contributed by atoms with Gasteiger partial charge in [0.05, 0.1) is 17.8 Å². The van der Waals surface area contributed by atoms with E-state index in [1.54, 1.807) is 12.4 Å². The van der Waals surface area contributed by atoms with Crippen molar-refractivity contribution in [2.45, 2.75) is 65.8 Å². The van der Waals surface area contributed by atoms with E-state index < -0.39 is 0 Å². The molecular weight excluding hydrogens is 408 g/mol. The summed E-state index contributed by atoms with van der Waals surface area (Å²) >= 11 is 0. The minimum atomic E-state index is -0.119. The summed E-state index contributed by atoms with van der Waals surface area (Å²) in [6.07, 6.45) is 5.51. The van der Waals surface area contributed by atoms with Crippen LogP contribution in [-0.4, -0.2) is 71.6 Å². The number of carbonyl (C=O) groups is 1. The van der Waals surface area contributed by atoms with Crippen molar-refractivity contribution in [2.24, 2.45) is 0 Å². The predicted molar refractivity (Wildman–Crippen MR) is 121 cm³/mol. The molecule has 0 bridgehead atoms. The van der Waals surface area contributed by atoms with Gasteiger partial charge in [-0.25, -0.2) is 24.9 Å². The summed E-state index contributed by atoms with van der Waals surface area (Å²) in [6.45, 7) is 11.8. The maximum atomic E-state index is 12.8. The van der Waals surface area contributed by atoms with E-state index in [0.717, 1.165) is 17.0 Å². The summed E-state index contributed by atoms with van der Waals surface area (Å²) in [4.78, 5) is 37.0. The number of imidazole rings is 1. The van der Waals surface area contributed by atoms with Crippen LogP contribution in [-0.2, 0) is 16.1 Å². The highest BCUT2D eigenvalue weighted by Crippen LogP contribution is 2.26. The van der Waals surface area contributed by atoms with Crippen molar-refractivity contribution in [3.8, 4) is 11.4 Å². The van der Waals surface area contributed by atoms with Crippen molar-refractivity contribution in [3.63, 3.8) is 0 Å². The number of aromatic nitrogens is 6. The van der Waals surface area contributed by atoms with Crippen LogP contribution in [0.2, 0.25) is 0 Å². The molecule has 3 atom stereocenters. The fourth-order valence-electron chi connectivity index (χ4n) is 4.13. The Balaban J connectivity index is 1.55. The molecule has 32 heavy (non-hydrogen) atoms. The van der Waals surface area contributed by atoms with Gasteiger partial charge in [-0.05, 0) is 34.6 Å². The zero-order chi connectivity index (χ0) is 22.8. The van der Waals surface area contributed by atoms with E-state index >= 15 is 0 Å². The van der Waals surface area contributed by atoms with Gasteiger partial charge in [0.1, 0.15) is 18.0 Å². The number of nitrogens with one attached hydrogen (secondary N) is 1. The van der Waals surface area contributed by atoms with Crippen molar-refractivity contribution in [3.05, 3.63) is 24.5 Å². The molecule has 10 nitrogen and oxygen atoms in total. The summed E-state index contributed by atoms with van der Waals surface area (Å²) in [6, 6.07) is -0.119. The summed E-state index contributed by atoms with van der Waals surface area (Å²) in [5.74, 6) is 2.16. The fourth-order valence-corrected chi connectivity index (χ4v) is 4.13. The Hall–Kier alpha value is -3.14. The van der Waals surface area contributed by atoms with Crippen molar-refractivity contribution in [1.82, 2.24) is 34.4 Å². The van der Waals surface area contributed by atoms with Crippen molar-refractivity contribution in [1.29, 1.82) is 0 Å². The topological polar surface area (TPSA) is 111 Å². The van der Waals surface area contributed by atoms with Gasteiger partial charge in [-0.3, -0.25) is 4.79 Å².